The van der Waals surface area contributed by atoms with Crippen molar-refractivity contribution in [3.05, 3.63) is 33.8 Å². The first-order valence-electron chi connectivity index (χ1n) is 4.34. The molecule has 0 bridgehead atoms. The molecule has 0 spiro atoms. The number of hydrogen-bond acceptors (Lipinski definition) is 3. The maximum Gasteiger partial charge on any atom is 0.264 e. The van der Waals surface area contributed by atoms with Gasteiger partial charge in [-0.1, -0.05) is 15.9 Å². The molecule has 0 fully saturated rings. The van der Waals surface area contributed by atoms with Crippen LogP contribution in [0.3, 0.4) is 0 Å². The standard InChI is InChI=1S/C10H9BrN2O2/c11-8-1-2-9-6(4-8)3-7(5-15-9)10(14)13-12/h1-4H,5,12H2,(H,13,14). The highest BCUT2D eigenvalue weighted by Crippen LogP contribution is 2.28. The van der Waals surface area contributed by atoms with Crippen LogP contribution in [0.1, 0.15) is 5.56 Å². The molecule has 5 heteroatoms. The third-order valence-electron chi connectivity index (χ3n) is 2.11. The molecule has 3 N–H and O–H groups in total. The van der Waals surface area contributed by atoms with Crippen LogP contribution in [-0.4, -0.2) is 12.5 Å². The van der Waals surface area contributed by atoms with E-state index in [9.17, 15) is 4.79 Å². The molecule has 0 radical (unpaired) electrons. The number of rotatable bonds is 1. The van der Waals surface area contributed by atoms with Crippen LogP contribution in [-0.2, 0) is 4.79 Å². The third kappa shape index (κ3) is 2.03. The average Bonchev–Trinajstić information content (AvgIpc) is 2.27. The third-order valence-corrected chi connectivity index (χ3v) is 2.60. The summed E-state index contributed by atoms with van der Waals surface area (Å²) >= 11 is 3.35. The van der Waals surface area contributed by atoms with Crippen LogP contribution in [0.5, 0.6) is 5.75 Å². The van der Waals surface area contributed by atoms with Gasteiger partial charge in [0.1, 0.15) is 12.4 Å². The number of hydrazine groups is 1. The minimum atomic E-state index is -0.319. The van der Waals surface area contributed by atoms with Crippen LogP contribution >= 0.6 is 15.9 Å². The summed E-state index contributed by atoms with van der Waals surface area (Å²) in [6.07, 6.45) is 1.77. The predicted octanol–water partition coefficient (Wildman–Crippen LogP) is 1.21. The molecule has 0 aliphatic carbocycles. The van der Waals surface area contributed by atoms with Crippen molar-refractivity contribution in [2.45, 2.75) is 0 Å². The van der Waals surface area contributed by atoms with Crippen LogP contribution in [0.25, 0.3) is 6.08 Å². The fourth-order valence-corrected chi connectivity index (χ4v) is 1.75. The SMILES string of the molecule is NNC(=O)C1=Cc2cc(Br)ccc2OC1. The Morgan fingerprint density at radius 1 is 1.53 bits per heavy atom. The smallest absolute Gasteiger partial charge is 0.264 e. The van der Waals surface area contributed by atoms with Crippen molar-refractivity contribution in [2.75, 3.05) is 6.61 Å². The number of carbonyl (C=O) groups is 1. The second-order valence-electron chi connectivity index (χ2n) is 3.11. The van der Waals surface area contributed by atoms with Gasteiger partial charge in [-0.15, -0.1) is 0 Å². The molecule has 15 heavy (non-hydrogen) atoms. The van der Waals surface area contributed by atoms with Gasteiger partial charge in [0.25, 0.3) is 5.91 Å². The van der Waals surface area contributed by atoms with E-state index in [0.717, 1.165) is 15.8 Å². The zero-order chi connectivity index (χ0) is 10.8. The van der Waals surface area contributed by atoms with Gasteiger partial charge in [0.05, 0.1) is 5.57 Å². The van der Waals surface area contributed by atoms with Gasteiger partial charge in [-0.3, -0.25) is 10.2 Å². The number of hydrogen-bond donors (Lipinski definition) is 2. The van der Waals surface area contributed by atoms with Crippen LogP contribution < -0.4 is 16.0 Å². The molecule has 1 aromatic carbocycles. The highest BCUT2D eigenvalue weighted by molar-refractivity contribution is 9.10. The maximum atomic E-state index is 11.3. The summed E-state index contributed by atoms with van der Waals surface area (Å²) in [4.78, 5) is 11.3. The Morgan fingerprint density at radius 2 is 2.33 bits per heavy atom. The Bertz CT molecular complexity index is 443. The van der Waals surface area contributed by atoms with Crippen LogP contribution in [0.4, 0.5) is 0 Å². The Balaban J connectivity index is 2.39. The summed E-state index contributed by atoms with van der Waals surface area (Å²) in [6, 6.07) is 5.63. The molecule has 1 aromatic rings. The van der Waals surface area contributed by atoms with Crippen molar-refractivity contribution < 1.29 is 9.53 Å². The lowest BCUT2D eigenvalue weighted by Gasteiger charge is -2.16. The van der Waals surface area contributed by atoms with E-state index in [1.807, 2.05) is 18.2 Å². The second kappa shape index (κ2) is 4.04. The summed E-state index contributed by atoms with van der Waals surface area (Å²) < 4.78 is 6.35. The van der Waals surface area contributed by atoms with Crippen molar-refractivity contribution in [3.8, 4) is 5.75 Å². The lowest BCUT2D eigenvalue weighted by molar-refractivity contribution is -0.117. The van der Waals surface area contributed by atoms with Gasteiger partial charge in [-0.2, -0.15) is 0 Å². The predicted molar refractivity (Wildman–Crippen MR) is 59.9 cm³/mol. The molecule has 0 unspecified atom stereocenters. The molecule has 0 saturated carbocycles. The highest BCUT2D eigenvalue weighted by atomic mass is 79.9. The first kappa shape index (κ1) is 10.2. The molecule has 0 atom stereocenters. The van der Waals surface area contributed by atoms with Crippen molar-refractivity contribution in [2.24, 2.45) is 5.84 Å². The number of amides is 1. The Morgan fingerprint density at radius 3 is 3.07 bits per heavy atom. The Kier molecular flexibility index (Phi) is 2.75. The minimum Gasteiger partial charge on any atom is -0.488 e. The molecule has 78 valence electrons. The summed E-state index contributed by atoms with van der Waals surface area (Å²) in [6.45, 7) is 0.248. The molecule has 0 saturated heterocycles. The van der Waals surface area contributed by atoms with Crippen molar-refractivity contribution in [1.82, 2.24) is 5.43 Å². The van der Waals surface area contributed by atoms with Crippen molar-refractivity contribution in [3.63, 3.8) is 0 Å². The summed E-state index contributed by atoms with van der Waals surface area (Å²) in [7, 11) is 0. The number of fused-ring (bicyclic) bond motifs is 1. The summed E-state index contributed by atoms with van der Waals surface area (Å²) in [5, 5.41) is 0. The van der Waals surface area contributed by atoms with E-state index in [4.69, 9.17) is 10.6 Å². The first-order chi connectivity index (χ1) is 7.20. The molecular formula is C10H9BrN2O2. The van der Waals surface area contributed by atoms with E-state index in [0.29, 0.717) is 5.57 Å². The minimum absolute atomic E-state index is 0.248. The van der Waals surface area contributed by atoms with E-state index in [-0.39, 0.29) is 12.5 Å². The van der Waals surface area contributed by atoms with Gasteiger partial charge in [-0.25, -0.2) is 5.84 Å². The van der Waals surface area contributed by atoms with Crippen LogP contribution in [0.2, 0.25) is 0 Å². The molecule has 1 aliphatic rings. The second-order valence-corrected chi connectivity index (χ2v) is 4.03. The van der Waals surface area contributed by atoms with Gasteiger partial charge in [0.2, 0.25) is 0 Å². The summed E-state index contributed by atoms with van der Waals surface area (Å²) in [5.41, 5.74) is 3.47. The molecule has 1 heterocycles. The Hall–Kier alpha value is -1.33. The number of carbonyl (C=O) groups excluding carboxylic acids is 1. The lowest BCUT2D eigenvalue weighted by Crippen LogP contribution is -2.33. The fraction of sp³-hybridized carbons (Fsp3) is 0.100. The zero-order valence-corrected chi connectivity index (χ0v) is 9.37. The van der Waals surface area contributed by atoms with E-state index < -0.39 is 0 Å². The van der Waals surface area contributed by atoms with E-state index in [1.165, 1.54) is 0 Å². The topological polar surface area (TPSA) is 64.3 Å². The number of benzene rings is 1. The monoisotopic (exact) mass is 268 g/mol. The van der Waals surface area contributed by atoms with Crippen molar-refractivity contribution in [1.29, 1.82) is 0 Å². The first-order valence-corrected chi connectivity index (χ1v) is 5.14. The molecule has 2 rings (SSSR count). The molecule has 1 amide bonds. The Labute approximate surface area is 95.2 Å². The van der Waals surface area contributed by atoms with Gasteiger partial charge in [0, 0.05) is 10.0 Å². The highest BCUT2D eigenvalue weighted by Gasteiger charge is 2.16. The molecule has 4 nitrogen and oxygen atoms in total. The van der Waals surface area contributed by atoms with E-state index in [1.54, 1.807) is 6.08 Å². The number of halogens is 1. The largest absolute Gasteiger partial charge is 0.488 e. The molecule has 1 aliphatic heterocycles. The maximum absolute atomic E-state index is 11.3. The van der Waals surface area contributed by atoms with E-state index >= 15 is 0 Å². The zero-order valence-electron chi connectivity index (χ0n) is 7.79. The van der Waals surface area contributed by atoms with Gasteiger partial charge >= 0.3 is 0 Å². The lowest BCUT2D eigenvalue weighted by atomic mass is 10.1. The van der Waals surface area contributed by atoms with Crippen LogP contribution in [0, 0.1) is 0 Å². The quantitative estimate of drug-likeness (QED) is 0.457. The number of ether oxygens (including phenoxy) is 1. The van der Waals surface area contributed by atoms with Crippen LogP contribution in [0.15, 0.2) is 28.2 Å². The normalized spacial score (nSPS) is 13.6. The van der Waals surface area contributed by atoms with Crippen molar-refractivity contribution >= 4 is 27.9 Å². The number of nitrogens with one attached hydrogen (secondary N) is 1. The summed E-state index contributed by atoms with van der Waals surface area (Å²) in [5.74, 6) is 5.50. The van der Waals surface area contributed by atoms with Gasteiger partial charge in [-0.05, 0) is 24.3 Å². The fourth-order valence-electron chi connectivity index (χ4n) is 1.37. The van der Waals surface area contributed by atoms with E-state index in [2.05, 4.69) is 21.4 Å². The molecule has 0 aromatic heterocycles. The number of nitrogens with two attached hydrogens (primary N) is 1. The van der Waals surface area contributed by atoms with Gasteiger partial charge in [0.15, 0.2) is 0 Å². The van der Waals surface area contributed by atoms with Gasteiger partial charge < -0.3 is 4.74 Å². The molecular weight excluding hydrogens is 260 g/mol. The average molecular weight is 269 g/mol.